The third-order valence-corrected chi connectivity index (χ3v) is 3.63. The number of carbonyl (C=O) groups is 1. The van der Waals surface area contributed by atoms with Gasteiger partial charge in [0.05, 0.1) is 17.8 Å². The molecule has 0 aliphatic heterocycles. The SMILES string of the molecule is Cc1oc2ncn(C)c(=O)c2c1C(=O)N(C)Cc1ccccn1. The van der Waals surface area contributed by atoms with Crippen LogP contribution in [-0.4, -0.2) is 32.4 Å². The van der Waals surface area contributed by atoms with E-state index < -0.39 is 0 Å². The molecule has 7 nitrogen and oxygen atoms in total. The van der Waals surface area contributed by atoms with Gasteiger partial charge in [0.2, 0.25) is 5.71 Å². The molecular weight excluding hydrogens is 296 g/mol. The summed E-state index contributed by atoms with van der Waals surface area (Å²) in [5, 5.41) is 0.213. The summed E-state index contributed by atoms with van der Waals surface area (Å²) in [5.74, 6) is 0.0886. The Morgan fingerprint density at radius 1 is 1.35 bits per heavy atom. The fourth-order valence-electron chi connectivity index (χ4n) is 2.44. The topological polar surface area (TPSA) is 81.2 Å². The van der Waals surface area contributed by atoms with Gasteiger partial charge in [-0.15, -0.1) is 0 Å². The standard InChI is InChI=1S/C16H16N4O3/c1-10-12(13-14(23-10)18-9-20(3)16(13)22)15(21)19(2)8-11-6-4-5-7-17-11/h4-7,9H,8H2,1-3H3. The lowest BCUT2D eigenvalue weighted by Crippen LogP contribution is -2.28. The molecule has 0 radical (unpaired) electrons. The highest BCUT2D eigenvalue weighted by Gasteiger charge is 2.25. The van der Waals surface area contributed by atoms with E-state index in [-0.39, 0.29) is 28.1 Å². The Hall–Kier alpha value is -2.96. The van der Waals surface area contributed by atoms with Crippen molar-refractivity contribution >= 4 is 17.0 Å². The van der Waals surface area contributed by atoms with Gasteiger partial charge in [-0.3, -0.25) is 14.6 Å². The number of carbonyl (C=O) groups excluding carboxylic acids is 1. The lowest BCUT2D eigenvalue weighted by molar-refractivity contribution is 0.0783. The Balaban J connectivity index is 2.02. The largest absolute Gasteiger partial charge is 0.442 e. The Kier molecular flexibility index (Phi) is 3.69. The fraction of sp³-hybridized carbons (Fsp3) is 0.250. The minimum atomic E-state index is -0.304. The van der Waals surface area contributed by atoms with Crippen LogP contribution in [0.1, 0.15) is 21.8 Å². The van der Waals surface area contributed by atoms with Crippen LogP contribution in [0.4, 0.5) is 0 Å². The van der Waals surface area contributed by atoms with Gasteiger partial charge in [0.15, 0.2) is 0 Å². The molecule has 0 N–H and O–H groups in total. The molecule has 23 heavy (non-hydrogen) atoms. The molecule has 7 heteroatoms. The monoisotopic (exact) mass is 312 g/mol. The van der Waals surface area contributed by atoms with E-state index in [1.807, 2.05) is 18.2 Å². The summed E-state index contributed by atoms with van der Waals surface area (Å²) in [5.41, 5.74) is 0.897. The van der Waals surface area contributed by atoms with Crippen LogP contribution in [0, 0.1) is 6.92 Å². The third-order valence-electron chi connectivity index (χ3n) is 3.63. The number of rotatable bonds is 3. The molecule has 0 spiro atoms. The summed E-state index contributed by atoms with van der Waals surface area (Å²) in [6.45, 7) is 2.00. The first-order valence-electron chi connectivity index (χ1n) is 7.09. The van der Waals surface area contributed by atoms with Gasteiger partial charge in [-0.2, -0.15) is 0 Å². The van der Waals surface area contributed by atoms with Crippen molar-refractivity contribution in [2.45, 2.75) is 13.5 Å². The van der Waals surface area contributed by atoms with Crippen LogP contribution < -0.4 is 5.56 Å². The number of hydrogen-bond acceptors (Lipinski definition) is 5. The van der Waals surface area contributed by atoms with E-state index in [4.69, 9.17) is 4.42 Å². The van der Waals surface area contributed by atoms with Crippen LogP contribution in [0.3, 0.4) is 0 Å². The summed E-state index contributed by atoms with van der Waals surface area (Å²) in [6, 6.07) is 5.51. The lowest BCUT2D eigenvalue weighted by Gasteiger charge is -2.16. The number of hydrogen-bond donors (Lipinski definition) is 0. The number of pyridine rings is 1. The highest BCUT2D eigenvalue weighted by Crippen LogP contribution is 2.22. The van der Waals surface area contributed by atoms with Gasteiger partial charge >= 0.3 is 0 Å². The van der Waals surface area contributed by atoms with Crippen molar-refractivity contribution in [3.63, 3.8) is 0 Å². The van der Waals surface area contributed by atoms with Crippen LogP contribution in [0.5, 0.6) is 0 Å². The van der Waals surface area contributed by atoms with Gasteiger partial charge in [-0.05, 0) is 19.1 Å². The second-order valence-corrected chi connectivity index (χ2v) is 5.36. The third kappa shape index (κ3) is 2.61. The van der Waals surface area contributed by atoms with Crippen LogP contribution >= 0.6 is 0 Å². The van der Waals surface area contributed by atoms with Gasteiger partial charge in [0.25, 0.3) is 11.5 Å². The van der Waals surface area contributed by atoms with Crippen molar-refractivity contribution in [2.24, 2.45) is 7.05 Å². The zero-order valence-corrected chi connectivity index (χ0v) is 13.1. The van der Waals surface area contributed by atoms with Crippen molar-refractivity contribution in [1.82, 2.24) is 19.4 Å². The average molecular weight is 312 g/mol. The summed E-state index contributed by atoms with van der Waals surface area (Å²) in [6.07, 6.45) is 3.05. The van der Waals surface area contributed by atoms with E-state index in [9.17, 15) is 9.59 Å². The summed E-state index contributed by atoms with van der Waals surface area (Å²) in [4.78, 5) is 34.9. The molecule has 3 aromatic rings. The lowest BCUT2D eigenvalue weighted by atomic mass is 10.1. The van der Waals surface area contributed by atoms with Crippen LogP contribution in [0.25, 0.3) is 11.1 Å². The first-order chi connectivity index (χ1) is 11.0. The number of furan rings is 1. The Labute approximate surface area is 132 Å². The van der Waals surface area contributed by atoms with Crippen molar-refractivity contribution < 1.29 is 9.21 Å². The van der Waals surface area contributed by atoms with Gasteiger partial charge in [-0.1, -0.05) is 6.07 Å². The molecule has 0 saturated carbocycles. The van der Waals surface area contributed by atoms with Crippen molar-refractivity contribution in [3.05, 3.63) is 58.1 Å². The molecule has 0 saturated heterocycles. The maximum atomic E-state index is 12.8. The van der Waals surface area contributed by atoms with Gasteiger partial charge in [0.1, 0.15) is 17.5 Å². The minimum absolute atomic E-state index is 0.181. The number of amides is 1. The minimum Gasteiger partial charge on any atom is -0.442 e. The van der Waals surface area contributed by atoms with E-state index in [2.05, 4.69) is 9.97 Å². The second kappa shape index (κ2) is 5.68. The molecule has 0 fully saturated rings. The molecule has 0 aromatic carbocycles. The zero-order chi connectivity index (χ0) is 16.6. The molecule has 0 aliphatic rings. The molecule has 3 heterocycles. The summed E-state index contributed by atoms with van der Waals surface area (Å²) in [7, 11) is 3.25. The maximum absolute atomic E-state index is 12.8. The Bertz CT molecular complexity index is 928. The van der Waals surface area contributed by atoms with Crippen molar-refractivity contribution in [3.8, 4) is 0 Å². The van der Waals surface area contributed by atoms with Crippen LogP contribution in [0.15, 0.2) is 39.9 Å². The molecule has 0 atom stereocenters. The second-order valence-electron chi connectivity index (χ2n) is 5.36. The maximum Gasteiger partial charge on any atom is 0.265 e. The molecular formula is C16H16N4O3. The number of aryl methyl sites for hydroxylation is 2. The number of aromatic nitrogens is 3. The average Bonchev–Trinajstić information content (AvgIpc) is 2.88. The van der Waals surface area contributed by atoms with Crippen molar-refractivity contribution in [2.75, 3.05) is 7.05 Å². The van der Waals surface area contributed by atoms with Crippen molar-refractivity contribution in [1.29, 1.82) is 0 Å². The van der Waals surface area contributed by atoms with Crippen LogP contribution in [-0.2, 0) is 13.6 Å². The van der Waals surface area contributed by atoms with Gasteiger partial charge < -0.3 is 13.9 Å². The Morgan fingerprint density at radius 3 is 2.83 bits per heavy atom. The van der Waals surface area contributed by atoms with E-state index in [0.717, 1.165) is 5.69 Å². The first-order valence-corrected chi connectivity index (χ1v) is 7.09. The molecule has 3 aromatic heterocycles. The van der Waals surface area contributed by atoms with E-state index in [1.54, 1.807) is 27.2 Å². The van der Waals surface area contributed by atoms with Gasteiger partial charge in [-0.25, -0.2) is 4.98 Å². The van der Waals surface area contributed by atoms with E-state index in [1.165, 1.54) is 15.8 Å². The highest BCUT2D eigenvalue weighted by molar-refractivity contribution is 6.06. The molecule has 1 amide bonds. The smallest absolute Gasteiger partial charge is 0.265 e. The van der Waals surface area contributed by atoms with E-state index in [0.29, 0.717) is 12.3 Å². The highest BCUT2D eigenvalue weighted by atomic mass is 16.3. The quantitative estimate of drug-likeness (QED) is 0.732. The predicted molar refractivity (Wildman–Crippen MR) is 84.0 cm³/mol. The number of nitrogens with zero attached hydrogens (tertiary/aromatic N) is 4. The zero-order valence-electron chi connectivity index (χ0n) is 13.1. The molecule has 0 bridgehead atoms. The predicted octanol–water partition coefficient (Wildman–Crippen LogP) is 1.50. The normalized spacial score (nSPS) is 10.9. The first kappa shape index (κ1) is 15.0. The molecule has 3 rings (SSSR count). The molecule has 118 valence electrons. The van der Waals surface area contributed by atoms with E-state index >= 15 is 0 Å². The fourth-order valence-corrected chi connectivity index (χ4v) is 2.44. The van der Waals surface area contributed by atoms with Gasteiger partial charge in [0, 0.05) is 20.3 Å². The molecule has 0 unspecified atom stereocenters. The Morgan fingerprint density at radius 2 is 2.13 bits per heavy atom. The molecule has 0 aliphatic carbocycles. The number of fused-ring (bicyclic) bond motifs is 1. The summed E-state index contributed by atoms with van der Waals surface area (Å²) < 4.78 is 6.80. The summed E-state index contributed by atoms with van der Waals surface area (Å²) >= 11 is 0. The van der Waals surface area contributed by atoms with Crippen LogP contribution in [0.2, 0.25) is 0 Å².